The fraction of sp³-hybridized carbons (Fsp3) is 0.545. The molecule has 2 aromatic rings. The van der Waals surface area contributed by atoms with Gasteiger partial charge in [0, 0.05) is 11.6 Å². The lowest BCUT2D eigenvalue weighted by atomic mass is 9.92. The summed E-state index contributed by atoms with van der Waals surface area (Å²) in [6.07, 6.45) is 6.90. The minimum Gasteiger partial charge on any atom is -0.344 e. The average Bonchev–Trinajstić information content (AvgIpc) is 2.88. The third-order valence-corrected chi connectivity index (χ3v) is 3.17. The fourth-order valence-electron chi connectivity index (χ4n) is 2.34. The molecule has 5 heteroatoms. The van der Waals surface area contributed by atoms with Crippen molar-refractivity contribution in [1.29, 1.82) is 0 Å². The second kappa shape index (κ2) is 3.73. The largest absolute Gasteiger partial charge is 0.344 e. The first-order valence-corrected chi connectivity index (χ1v) is 5.73. The van der Waals surface area contributed by atoms with Crippen molar-refractivity contribution < 1.29 is 0 Å². The van der Waals surface area contributed by atoms with E-state index < -0.39 is 0 Å². The standard InChI is InChI=1S/C11H15N5/c1-8-3-2-4-9-11(8)15-10(14-9)5-16-7-12-6-13-16/h6-8H,2-5H2,1H3,(H,14,15). The summed E-state index contributed by atoms with van der Waals surface area (Å²) in [6.45, 7) is 2.93. The van der Waals surface area contributed by atoms with E-state index in [1.165, 1.54) is 24.2 Å². The molecule has 1 atom stereocenters. The number of nitrogens with one attached hydrogen (secondary N) is 1. The normalized spacial score (nSPS) is 19.7. The maximum atomic E-state index is 4.66. The van der Waals surface area contributed by atoms with Crippen LogP contribution in [0.15, 0.2) is 12.7 Å². The number of hydrogen-bond acceptors (Lipinski definition) is 3. The summed E-state index contributed by atoms with van der Waals surface area (Å²) in [5.41, 5.74) is 2.57. The molecule has 0 aliphatic heterocycles. The zero-order valence-corrected chi connectivity index (χ0v) is 9.35. The summed E-state index contributed by atoms with van der Waals surface area (Å²) in [5, 5.41) is 4.08. The van der Waals surface area contributed by atoms with Gasteiger partial charge in [-0.25, -0.2) is 14.6 Å². The van der Waals surface area contributed by atoms with Crippen LogP contribution < -0.4 is 0 Å². The molecule has 5 nitrogen and oxygen atoms in total. The minimum absolute atomic E-state index is 0.587. The van der Waals surface area contributed by atoms with Crippen LogP contribution in [0.25, 0.3) is 0 Å². The van der Waals surface area contributed by atoms with Crippen LogP contribution in [-0.4, -0.2) is 24.7 Å². The van der Waals surface area contributed by atoms with Gasteiger partial charge >= 0.3 is 0 Å². The van der Waals surface area contributed by atoms with Gasteiger partial charge in [0.2, 0.25) is 0 Å². The van der Waals surface area contributed by atoms with Gasteiger partial charge in [-0.05, 0) is 19.3 Å². The Kier molecular flexibility index (Phi) is 2.23. The van der Waals surface area contributed by atoms with E-state index in [4.69, 9.17) is 0 Å². The molecule has 0 fully saturated rings. The molecule has 1 unspecified atom stereocenters. The second-order valence-corrected chi connectivity index (χ2v) is 4.43. The van der Waals surface area contributed by atoms with Gasteiger partial charge in [-0.3, -0.25) is 0 Å². The number of aromatic nitrogens is 5. The van der Waals surface area contributed by atoms with Crippen LogP contribution in [0.3, 0.4) is 0 Å². The van der Waals surface area contributed by atoms with Crippen molar-refractivity contribution in [3.8, 4) is 0 Å². The van der Waals surface area contributed by atoms with E-state index >= 15 is 0 Å². The van der Waals surface area contributed by atoms with Gasteiger partial charge in [-0.2, -0.15) is 5.10 Å². The monoisotopic (exact) mass is 217 g/mol. The average molecular weight is 217 g/mol. The van der Waals surface area contributed by atoms with Crippen LogP contribution in [0.2, 0.25) is 0 Å². The van der Waals surface area contributed by atoms with Crippen LogP contribution in [0.4, 0.5) is 0 Å². The lowest BCUT2D eigenvalue weighted by molar-refractivity contribution is 0.574. The summed E-state index contributed by atoms with van der Waals surface area (Å²) in [6, 6.07) is 0. The Morgan fingerprint density at radius 1 is 1.56 bits per heavy atom. The Labute approximate surface area is 93.9 Å². The van der Waals surface area contributed by atoms with Crippen molar-refractivity contribution in [3.05, 3.63) is 29.9 Å². The van der Waals surface area contributed by atoms with Crippen molar-refractivity contribution in [1.82, 2.24) is 24.7 Å². The zero-order chi connectivity index (χ0) is 11.0. The third kappa shape index (κ3) is 1.62. The summed E-state index contributed by atoms with van der Waals surface area (Å²) < 4.78 is 1.79. The van der Waals surface area contributed by atoms with Gasteiger partial charge < -0.3 is 4.98 Å². The molecule has 1 aliphatic carbocycles. The summed E-state index contributed by atoms with van der Waals surface area (Å²) in [5.74, 6) is 1.58. The van der Waals surface area contributed by atoms with E-state index in [1.54, 1.807) is 17.3 Å². The Bertz CT molecular complexity index is 471. The van der Waals surface area contributed by atoms with Crippen molar-refractivity contribution in [2.24, 2.45) is 0 Å². The van der Waals surface area contributed by atoms with Gasteiger partial charge in [-0.1, -0.05) is 6.92 Å². The van der Waals surface area contributed by atoms with Crippen LogP contribution in [-0.2, 0) is 13.0 Å². The van der Waals surface area contributed by atoms with Crippen molar-refractivity contribution >= 4 is 0 Å². The molecule has 1 aliphatic rings. The first-order chi connectivity index (χ1) is 7.83. The maximum Gasteiger partial charge on any atom is 0.137 e. The van der Waals surface area contributed by atoms with Gasteiger partial charge in [0.25, 0.3) is 0 Å². The topological polar surface area (TPSA) is 59.4 Å². The maximum absolute atomic E-state index is 4.66. The lowest BCUT2D eigenvalue weighted by Gasteiger charge is -2.15. The minimum atomic E-state index is 0.587. The molecule has 0 spiro atoms. The Morgan fingerprint density at radius 2 is 2.50 bits per heavy atom. The van der Waals surface area contributed by atoms with E-state index in [0.29, 0.717) is 12.5 Å². The molecule has 3 rings (SSSR count). The molecule has 84 valence electrons. The van der Waals surface area contributed by atoms with E-state index in [2.05, 4.69) is 27.0 Å². The number of H-pyrrole nitrogens is 1. The highest BCUT2D eigenvalue weighted by atomic mass is 15.3. The van der Waals surface area contributed by atoms with E-state index in [0.717, 1.165) is 12.2 Å². The highest BCUT2D eigenvalue weighted by molar-refractivity contribution is 5.21. The fourth-order valence-corrected chi connectivity index (χ4v) is 2.34. The highest BCUT2D eigenvalue weighted by Crippen LogP contribution is 2.29. The van der Waals surface area contributed by atoms with Gasteiger partial charge in [0.05, 0.1) is 5.69 Å². The molecule has 0 bridgehead atoms. The quantitative estimate of drug-likeness (QED) is 0.829. The van der Waals surface area contributed by atoms with Gasteiger partial charge in [0.1, 0.15) is 25.0 Å². The number of nitrogens with zero attached hydrogens (tertiary/aromatic N) is 4. The molecule has 2 aromatic heterocycles. The van der Waals surface area contributed by atoms with Crippen LogP contribution >= 0.6 is 0 Å². The first kappa shape index (κ1) is 9.57. The van der Waals surface area contributed by atoms with E-state index in [9.17, 15) is 0 Å². The number of aryl methyl sites for hydroxylation is 1. The second-order valence-electron chi connectivity index (χ2n) is 4.43. The molecular weight excluding hydrogens is 202 g/mol. The van der Waals surface area contributed by atoms with Gasteiger partial charge in [0.15, 0.2) is 0 Å². The van der Waals surface area contributed by atoms with Crippen LogP contribution in [0.5, 0.6) is 0 Å². The molecule has 0 saturated heterocycles. The van der Waals surface area contributed by atoms with Crippen molar-refractivity contribution in [2.45, 2.75) is 38.6 Å². The third-order valence-electron chi connectivity index (χ3n) is 3.17. The van der Waals surface area contributed by atoms with Crippen molar-refractivity contribution in [2.75, 3.05) is 0 Å². The number of rotatable bonds is 2. The first-order valence-electron chi connectivity index (χ1n) is 5.73. The molecule has 0 radical (unpaired) electrons. The van der Waals surface area contributed by atoms with Crippen LogP contribution in [0, 0.1) is 0 Å². The SMILES string of the molecule is CC1CCCc2[nH]c(Cn3cncn3)nc21. The molecular formula is C11H15N5. The number of imidazole rings is 1. The Balaban J connectivity index is 1.87. The Morgan fingerprint density at radius 3 is 3.25 bits per heavy atom. The number of hydrogen-bond donors (Lipinski definition) is 1. The molecule has 0 saturated carbocycles. The molecule has 16 heavy (non-hydrogen) atoms. The predicted octanol–water partition coefficient (Wildman–Crippen LogP) is 1.49. The molecule has 2 heterocycles. The molecule has 0 aromatic carbocycles. The molecule has 0 amide bonds. The summed E-state index contributed by atoms with van der Waals surface area (Å²) >= 11 is 0. The summed E-state index contributed by atoms with van der Waals surface area (Å²) in [4.78, 5) is 12.0. The zero-order valence-electron chi connectivity index (χ0n) is 9.35. The Hall–Kier alpha value is -1.65. The highest BCUT2D eigenvalue weighted by Gasteiger charge is 2.20. The number of aromatic amines is 1. The number of fused-ring (bicyclic) bond motifs is 1. The van der Waals surface area contributed by atoms with Crippen LogP contribution in [0.1, 0.15) is 42.9 Å². The van der Waals surface area contributed by atoms with Gasteiger partial charge in [-0.15, -0.1) is 0 Å². The summed E-state index contributed by atoms with van der Waals surface area (Å²) in [7, 11) is 0. The lowest BCUT2D eigenvalue weighted by Crippen LogP contribution is -2.05. The molecule has 1 N–H and O–H groups in total. The van der Waals surface area contributed by atoms with Crippen molar-refractivity contribution in [3.63, 3.8) is 0 Å². The van der Waals surface area contributed by atoms with E-state index in [1.807, 2.05) is 0 Å². The predicted molar refractivity (Wildman–Crippen MR) is 59.1 cm³/mol. The van der Waals surface area contributed by atoms with E-state index in [-0.39, 0.29) is 0 Å². The smallest absolute Gasteiger partial charge is 0.137 e.